The molecular formula is C28H26N8O5S2. The predicted octanol–water partition coefficient (Wildman–Crippen LogP) is 3.48. The van der Waals surface area contributed by atoms with Gasteiger partial charge in [0, 0.05) is 17.2 Å². The van der Waals surface area contributed by atoms with E-state index in [2.05, 4.69) is 30.2 Å². The Morgan fingerprint density at radius 1 is 0.884 bits per heavy atom. The molecule has 4 heterocycles. The smallest absolute Gasteiger partial charge is 0.269 e. The first-order valence-electron chi connectivity index (χ1n) is 13.9. The van der Waals surface area contributed by atoms with Crippen LogP contribution >= 0.6 is 0 Å². The highest BCUT2D eigenvalue weighted by atomic mass is 32.2. The van der Waals surface area contributed by atoms with Crippen molar-refractivity contribution >= 4 is 47.9 Å². The van der Waals surface area contributed by atoms with Crippen molar-refractivity contribution in [3.05, 3.63) is 72.3 Å². The Morgan fingerprint density at radius 2 is 1.63 bits per heavy atom. The maximum Gasteiger partial charge on any atom is 0.269 e. The van der Waals surface area contributed by atoms with Gasteiger partial charge in [0.25, 0.3) is 10.0 Å². The Kier molecular flexibility index (Phi) is 5.47. The second-order valence-corrected chi connectivity index (χ2v) is 15.1. The first-order chi connectivity index (χ1) is 20.6. The molecule has 2 aromatic carbocycles. The second kappa shape index (κ2) is 8.90. The van der Waals surface area contributed by atoms with Crippen LogP contribution in [-0.2, 0) is 25.5 Å². The maximum atomic E-state index is 13.5. The largest absolute Gasteiger partial charge is 0.274 e. The summed E-state index contributed by atoms with van der Waals surface area (Å²) in [4.78, 5) is 4.68. The van der Waals surface area contributed by atoms with E-state index < -0.39 is 25.6 Å². The summed E-state index contributed by atoms with van der Waals surface area (Å²) in [6, 6.07) is 13.2. The molecule has 3 saturated carbocycles. The molecule has 0 unspecified atom stereocenters. The van der Waals surface area contributed by atoms with E-state index in [4.69, 9.17) is 4.63 Å². The number of aryl methyl sites for hydroxylation is 1. The van der Waals surface area contributed by atoms with Crippen molar-refractivity contribution in [1.29, 1.82) is 0 Å². The lowest BCUT2D eigenvalue weighted by Gasteiger charge is -2.52. The van der Waals surface area contributed by atoms with Crippen LogP contribution in [-0.4, -0.2) is 56.2 Å². The highest BCUT2D eigenvalue weighted by Gasteiger charge is 2.53. The lowest BCUT2D eigenvalue weighted by molar-refractivity contribution is 0.0883. The third-order valence-corrected chi connectivity index (χ3v) is 12.5. The molecule has 0 spiro atoms. The van der Waals surface area contributed by atoms with E-state index in [1.165, 1.54) is 16.2 Å². The summed E-state index contributed by atoms with van der Waals surface area (Å²) in [5.74, 6) is 0.745. The number of hydrogen-bond donors (Lipinski definition) is 1. The normalized spacial score (nSPS) is 22.6. The van der Waals surface area contributed by atoms with Crippen LogP contribution < -0.4 is 4.72 Å². The Morgan fingerprint density at radius 3 is 2.37 bits per heavy atom. The van der Waals surface area contributed by atoms with Crippen molar-refractivity contribution in [3.8, 4) is 0 Å². The topological polar surface area (TPSA) is 167 Å². The molecule has 3 fully saturated rings. The summed E-state index contributed by atoms with van der Waals surface area (Å²) in [7, 11) is -7.77. The SMILES string of the molecule is Cc1ccc(S(=O)(=O)n2ccc3c2ncc2nnc(C45CCC(NS(=O)(=O)c6cccc7nonc67)(CC4)CC5)n23)cc1. The van der Waals surface area contributed by atoms with Crippen molar-refractivity contribution in [2.75, 3.05) is 0 Å². The standard InChI is InChI=1S/C28H26N8O5S2/c1-18-5-7-19(8-6-18)43(39,40)35-16-9-21-25(35)29-17-23-30-31-26(36(21)23)27-10-13-28(14-11-27,15-12-27)34-42(37,38)22-4-2-3-20-24(22)33-41-32-20/h2-9,16-17,34H,10-15H2,1H3. The molecule has 0 atom stereocenters. The number of fused-ring (bicyclic) bond motifs is 7. The summed E-state index contributed by atoms with van der Waals surface area (Å²) in [6.07, 6.45) is 6.98. The van der Waals surface area contributed by atoms with Gasteiger partial charge in [-0.05, 0) is 86.1 Å². The quantitative estimate of drug-likeness (QED) is 0.292. The summed E-state index contributed by atoms with van der Waals surface area (Å²) >= 11 is 0. The molecule has 3 aliphatic carbocycles. The van der Waals surface area contributed by atoms with Crippen molar-refractivity contribution in [1.82, 2.24) is 38.6 Å². The molecule has 6 aromatic rings. The number of sulfonamides is 1. The van der Waals surface area contributed by atoms with Crippen molar-refractivity contribution < 1.29 is 21.5 Å². The molecule has 2 bridgehead atoms. The molecule has 15 heteroatoms. The number of nitrogens with one attached hydrogen (secondary N) is 1. The van der Waals surface area contributed by atoms with Gasteiger partial charge in [0.05, 0.1) is 16.6 Å². The minimum atomic E-state index is -3.89. The number of aromatic nitrogens is 7. The first kappa shape index (κ1) is 26.4. The average molecular weight is 619 g/mol. The van der Waals surface area contributed by atoms with E-state index in [9.17, 15) is 16.8 Å². The van der Waals surface area contributed by atoms with E-state index in [1.54, 1.807) is 48.7 Å². The fraction of sp³-hybridized carbons (Fsp3) is 0.321. The number of hydrogen-bond acceptors (Lipinski definition) is 10. The van der Waals surface area contributed by atoms with Crippen molar-refractivity contribution in [3.63, 3.8) is 0 Å². The van der Waals surface area contributed by atoms with Crippen LogP contribution in [0.3, 0.4) is 0 Å². The van der Waals surface area contributed by atoms with E-state index in [-0.39, 0.29) is 26.4 Å². The molecular weight excluding hydrogens is 592 g/mol. The first-order valence-corrected chi connectivity index (χ1v) is 16.8. The van der Waals surface area contributed by atoms with Crippen LogP contribution in [0.1, 0.15) is 49.9 Å². The van der Waals surface area contributed by atoms with Crippen LogP contribution in [0, 0.1) is 6.92 Å². The summed E-state index contributed by atoms with van der Waals surface area (Å²) < 4.78 is 65.0. The summed E-state index contributed by atoms with van der Waals surface area (Å²) in [6.45, 7) is 1.90. The van der Waals surface area contributed by atoms with Crippen LogP contribution in [0.2, 0.25) is 0 Å². The molecule has 0 amide bonds. The van der Waals surface area contributed by atoms with Gasteiger partial charge in [0.15, 0.2) is 16.8 Å². The van der Waals surface area contributed by atoms with Gasteiger partial charge in [-0.25, -0.2) is 35.1 Å². The van der Waals surface area contributed by atoms with E-state index in [0.29, 0.717) is 55.2 Å². The molecule has 220 valence electrons. The molecule has 0 radical (unpaired) electrons. The van der Waals surface area contributed by atoms with Crippen LogP contribution in [0.15, 0.2) is 75.3 Å². The predicted molar refractivity (Wildman–Crippen MR) is 154 cm³/mol. The molecule has 13 nitrogen and oxygen atoms in total. The molecule has 43 heavy (non-hydrogen) atoms. The zero-order chi connectivity index (χ0) is 29.6. The minimum absolute atomic E-state index is 0.0477. The molecule has 0 aliphatic heterocycles. The third-order valence-electron chi connectivity index (χ3n) is 9.22. The van der Waals surface area contributed by atoms with E-state index in [1.807, 2.05) is 11.3 Å². The fourth-order valence-corrected chi connectivity index (χ4v) is 9.74. The molecule has 3 aliphatic rings. The third kappa shape index (κ3) is 3.87. The monoisotopic (exact) mass is 618 g/mol. The van der Waals surface area contributed by atoms with Crippen molar-refractivity contribution in [2.45, 2.75) is 66.2 Å². The van der Waals surface area contributed by atoms with Gasteiger partial charge in [0.2, 0.25) is 10.0 Å². The lowest BCUT2D eigenvalue weighted by atomic mass is 9.57. The highest BCUT2D eigenvalue weighted by molar-refractivity contribution is 7.90. The van der Waals surface area contributed by atoms with Gasteiger partial charge in [0.1, 0.15) is 16.2 Å². The van der Waals surface area contributed by atoms with Gasteiger partial charge in [-0.1, -0.05) is 23.8 Å². The van der Waals surface area contributed by atoms with Crippen LogP contribution in [0.4, 0.5) is 0 Å². The molecule has 1 N–H and O–H groups in total. The van der Waals surface area contributed by atoms with Gasteiger partial charge < -0.3 is 0 Å². The van der Waals surface area contributed by atoms with Gasteiger partial charge >= 0.3 is 0 Å². The Hall–Kier alpha value is -4.21. The zero-order valence-electron chi connectivity index (χ0n) is 23.0. The van der Waals surface area contributed by atoms with E-state index >= 15 is 0 Å². The average Bonchev–Trinajstić information content (AvgIpc) is 3.76. The minimum Gasteiger partial charge on any atom is -0.274 e. The summed E-state index contributed by atoms with van der Waals surface area (Å²) in [5.41, 5.74) is 2.03. The Labute approximate surface area is 246 Å². The summed E-state index contributed by atoms with van der Waals surface area (Å²) in [5, 5.41) is 16.6. The molecule has 9 rings (SSSR count). The second-order valence-electron chi connectivity index (χ2n) is 11.7. The number of rotatable bonds is 6. The Bertz CT molecular complexity index is 2260. The van der Waals surface area contributed by atoms with Gasteiger partial charge in [-0.15, -0.1) is 10.2 Å². The van der Waals surface area contributed by atoms with E-state index in [0.717, 1.165) is 11.4 Å². The van der Waals surface area contributed by atoms with Crippen LogP contribution in [0.5, 0.6) is 0 Å². The van der Waals surface area contributed by atoms with Gasteiger partial charge in [-0.2, -0.15) is 0 Å². The number of benzene rings is 2. The Balaban J connectivity index is 1.13. The zero-order valence-corrected chi connectivity index (χ0v) is 24.6. The maximum absolute atomic E-state index is 13.5. The molecule has 4 aromatic heterocycles. The fourth-order valence-electron chi connectivity index (χ4n) is 6.80. The molecule has 0 saturated heterocycles. The number of nitrogens with zero attached hydrogens (tertiary/aromatic N) is 7. The highest BCUT2D eigenvalue weighted by Crippen LogP contribution is 2.53. The lowest BCUT2D eigenvalue weighted by Crippen LogP contribution is -2.58. The van der Waals surface area contributed by atoms with Gasteiger partial charge in [-0.3, -0.25) is 4.40 Å². The van der Waals surface area contributed by atoms with Crippen LogP contribution in [0.25, 0.3) is 27.8 Å². The van der Waals surface area contributed by atoms with Crippen molar-refractivity contribution in [2.24, 2.45) is 0 Å².